The van der Waals surface area contributed by atoms with Crippen molar-refractivity contribution in [1.29, 1.82) is 0 Å². The Bertz CT molecular complexity index is 183. The van der Waals surface area contributed by atoms with Crippen LogP contribution in [-0.2, 0) is 9.53 Å². The van der Waals surface area contributed by atoms with Crippen LogP contribution in [-0.4, -0.2) is 30.0 Å². The van der Waals surface area contributed by atoms with Crippen LogP contribution in [0.25, 0.3) is 0 Å². The van der Waals surface area contributed by atoms with Crippen molar-refractivity contribution in [3.8, 4) is 0 Å². The molecule has 0 radical (unpaired) electrons. The third-order valence-corrected chi connectivity index (χ3v) is 0.993. The fourth-order valence-electron chi connectivity index (χ4n) is 0.383. The second-order valence-corrected chi connectivity index (χ2v) is 1.88. The molecular formula is C6H7F3O3. The largest absolute Gasteiger partial charge is 0.480 e. The minimum Gasteiger partial charge on any atom is -0.480 e. The van der Waals surface area contributed by atoms with E-state index in [1.165, 1.54) is 0 Å². The molecule has 1 atom stereocenters. The number of carboxylic acids is 1. The van der Waals surface area contributed by atoms with E-state index in [2.05, 4.69) is 11.3 Å². The van der Waals surface area contributed by atoms with Gasteiger partial charge in [0, 0.05) is 0 Å². The van der Waals surface area contributed by atoms with Gasteiger partial charge in [0.05, 0.1) is 0 Å². The van der Waals surface area contributed by atoms with Crippen LogP contribution in [0.2, 0.25) is 0 Å². The summed E-state index contributed by atoms with van der Waals surface area (Å²) in [4.78, 5) is 9.81. The van der Waals surface area contributed by atoms with E-state index >= 15 is 0 Å². The predicted molar refractivity (Wildman–Crippen MR) is 33.6 cm³/mol. The molecule has 0 heterocycles. The molecule has 3 nitrogen and oxygen atoms in total. The van der Waals surface area contributed by atoms with Crippen molar-refractivity contribution in [3.63, 3.8) is 0 Å². The molecule has 0 aromatic carbocycles. The third kappa shape index (κ3) is 2.91. The second-order valence-electron chi connectivity index (χ2n) is 1.88. The van der Waals surface area contributed by atoms with E-state index in [9.17, 15) is 18.0 Å². The number of hydrogen-bond donors (Lipinski definition) is 1. The third-order valence-electron chi connectivity index (χ3n) is 0.993. The Morgan fingerprint density at radius 1 is 1.75 bits per heavy atom. The Kier molecular flexibility index (Phi) is 3.75. The van der Waals surface area contributed by atoms with E-state index in [-0.39, 0.29) is 6.08 Å². The summed E-state index contributed by atoms with van der Waals surface area (Å²) in [7, 11) is 0. The number of aliphatic carboxylic acids is 1. The molecule has 12 heavy (non-hydrogen) atoms. The Morgan fingerprint density at radius 2 is 2.25 bits per heavy atom. The standard InChI is InChI=1S/C6H7F3O3/c1-2-6(9,5(7)8)12-3-4(10)11/h2,5H,1,3H2,(H,10,11)/t6-/m1/s1. The number of halogens is 3. The van der Waals surface area contributed by atoms with Gasteiger partial charge in [-0.1, -0.05) is 6.58 Å². The van der Waals surface area contributed by atoms with Crippen LogP contribution >= 0.6 is 0 Å². The smallest absolute Gasteiger partial charge is 0.329 e. The second kappa shape index (κ2) is 4.10. The van der Waals surface area contributed by atoms with Gasteiger partial charge in [0.1, 0.15) is 6.61 Å². The molecule has 0 aromatic rings. The van der Waals surface area contributed by atoms with E-state index in [1.54, 1.807) is 0 Å². The van der Waals surface area contributed by atoms with Crippen LogP contribution < -0.4 is 0 Å². The first-order chi connectivity index (χ1) is 5.42. The maximum atomic E-state index is 12.7. The van der Waals surface area contributed by atoms with E-state index in [1.807, 2.05) is 0 Å². The highest BCUT2D eigenvalue weighted by Gasteiger charge is 2.38. The number of ether oxygens (including phenoxy) is 1. The lowest BCUT2D eigenvalue weighted by Gasteiger charge is -2.19. The molecule has 0 rings (SSSR count). The van der Waals surface area contributed by atoms with Gasteiger partial charge in [-0.25, -0.2) is 18.0 Å². The summed E-state index contributed by atoms with van der Waals surface area (Å²) in [5.74, 6) is -4.90. The lowest BCUT2D eigenvalue weighted by atomic mass is 10.3. The van der Waals surface area contributed by atoms with Gasteiger partial charge in [0.25, 0.3) is 12.3 Å². The highest BCUT2D eigenvalue weighted by molar-refractivity contribution is 5.68. The molecule has 6 heteroatoms. The van der Waals surface area contributed by atoms with Crippen LogP contribution in [0.15, 0.2) is 12.7 Å². The molecule has 0 unspecified atom stereocenters. The predicted octanol–water partition coefficient (Wildman–Crippen LogP) is 1.20. The fraction of sp³-hybridized carbons (Fsp3) is 0.500. The zero-order valence-electron chi connectivity index (χ0n) is 5.97. The highest BCUT2D eigenvalue weighted by atomic mass is 19.3. The zero-order valence-corrected chi connectivity index (χ0v) is 5.97. The van der Waals surface area contributed by atoms with Crippen molar-refractivity contribution in [1.82, 2.24) is 0 Å². The summed E-state index contributed by atoms with van der Waals surface area (Å²) < 4.78 is 40.0. The van der Waals surface area contributed by atoms with Gasteiger partial charge in [-0.3, -0.25) is 0 Å². The number of alkyl halides is 3. The first-order valence-corrected chi connectivity index (χ1v) is 2.89. The van der Waals surface area contributed by atoms with E-state index in [0.29, 0.717) is 0 Å². The number of hydrogen-bond acceptors (Lipinski definition) is 2. The molecule has 0 aromatic heterocycles. The topological polar surface area (TPSA) is 46.5 Å². The highest BCUT2D eigenvalue weighted by Crippen LogP contribution is 2.23. The van der Waals surface area contributed by atoms with Crippen molar-refractivity contribution in [2.45, 2.75) is 12.3 Å². The van der Waals surface area contributed by atoms with Gasteiger partial charge in [-0.2, -0.15) is 0 Å². The molecular weight excluding hydrogens is 177 g/mol. The van der Waals surface area contributed by atoms with Gasteiger partial charge >= 0.3 is 5.97 Å². The Balaban J connectivity index is 4.15. The Hall–Kier alpha value is -1.04. The quantitative estimate of drug-likeness (QED) is 0.653. The average molecular weight is 184 g/mol. The van der Waals surface area contributed by atoms with Crippen LogP contribution in [0.4, 0.5) is 13.2 Å². The van der Waals surface area contributed by atoms with Crippen molar-refractivity contribution in [2.24, 2.45) is 0 Å². The van der Waals surface area contributed by atoms with Gasteiger partial charge in [-0.05, 0) is 6.08 Å². The number of carbonyl (C=O) groups is 1. The van der Waals surface area contributed by atoms with Crippen LogP contribution in [0.1, 0.15) is 0 Å². The van der Waals surface area contributed by atoms with Gasteiger partial charge in [0.2, 0.25) is 0 Å². The summed E-state index contributed by atoms with van der Waals surface area (Å²) in [6, 6.07) is 0. The lowest BCUT2D eigenvalue weighted by molar-refractivity contribution is -0.196. The van der Waals surface area contributed by atoms with E-state index in [0.717, 1.165) is 0 Å². The summed E-state index contributed by atoms with van der Waals surface area (Å²) in [5.41, 5.74) is 0. The van der Waals surface area contributed by atoms with Crippen molar-refractivity contribution < 1.29 is 27.8 Å². The van der Waals surface area contributed by atoms with E-state index < -0.39 is 24.9 Å². The molecule has 70 valence electrons. The molecule has 1 N–H and O–H groups in total. The van der Waals surface area contributed by atoms with Crippen LogP contribution in [0.5, 0.6) is 0 Å². The van der Waals surface area contributed by atoms with Crippen LogP contribution in [0, 0.1) is 0 Å². The molecule has 0 aliphatic heterocycles. The molecule has 0 bridgehead atoms. The summed E-state index contributed by atoms with van der Waals surface area (Å²) in [5, 5.41) is 7.98. The maximum absolute atomic E-state index is 12.7. The summed E-state index contributed by atoms with van der Waals surface area (Å²) in [6.07, 6.45) is -3.23. The first-order valence-electron chi connectivity index (χ1n) is 2.89. The lowest BCUT2D eigenvalue weighted by Crippen LogP contribution is -2.34. The SMILES string of the molecule is C=C[C@@](F)(OCC(=O)O)C(F)F. The Labute approximate surface area is 66.4 Å². The zero-order chi connectivity index (χ0) is 9.78. The summed E-state index contributed by atoms with van der Waals surface area (Å²) in [6.45, 7) is 1.63. The molecule has 0 aliphatic carbocycles. The monoisotopic (exact) mass is 184 g/mol. The normalized spacial score (nSPS) is 15.7. The molecule has 0 aliphatic rings. The van der Waals surface area contributed by atoms with Gasteiger partial charge < -0.3 is 9.84 Å². The molecule has 0 spiro atoms. The average Bonchev–Trinajstić information content (AvgIpc) is 1.99. The number of carboxylic acid groups (broad SMARTS) is 1. The van der Waals surface area contributed by atoms with Crippen molar-refractivity contribution in [3.05, 3.63) is 12.7 Å². The molecule has 0 fully saturated rings. The van der Waals surface area contributed by atoms with Gasteiger partial charge in [0.15, 0.2) is 0 Å². The van der Waals surface area contributed by atoms with Crippen LogP contribution in [0.3, 0.4) is 0 Å². The fourth-order valence-corrected chi connectivity index (χ4v) is 0.383. The first kappa shape index (κ1) is 11.0. The van der Waals surface area contributed by atoms with Crippen molar-refractivity contribution >= 4 is 5.97 Å². The molecule has 0 saturated heterocycles. The molecule has 0 saturated carbocycles. The molecule has 0 amide bonds. The minimum atomic E-state index is -3.45. The minimum absolute atomic E-state index is 0.223. The van der Waals surface area contributed by atoms with Crippen molar-refractivity contribution in [2.75, 3.05) is 6.61 Å². The summed E-state index contributed by atoms with van der Waals surface area (Å²) >= 11 is 0. The van der Waals surface area contributed by atoms with Gasteiger partial charge in [-0.15, -0.1) is 0 Å². The maximum Gasteiger partial charge on any atom is 0.329 e. The number of rotatable bonds is 5. The Morgan fingerprint density at radius 3 is 2.50 bits per heavy atom. The van der Waals surface area contributed by atoms with E-state index in [4.69, 9.17) is 5.11 Å².